The van der Waals surface area contributed by atoms with Crippen molar-refractivity contribution >= 4 is 19.8 Å². The van der Waals surface area contributed by atoms with E-state index in [1.807, 2.05) is 21.1 Å². The number of unbranched alkanes of at least 4 members (excludes halogenated alkanes) is 28. The molecule has 0 saturated heterocycles. The summed E-state index contributed by atoms with van der Waals surface area (Å²) in [6, 6.07) is 0. The molecule has 0 aliphatic heterocycles. The second-order valence-corrected chi connectivity index (χ2v) is 19.0. The van der Waals surface area contributed by atoms with E-state index in [1.165, 1.54) is 161 Å². The summed E-state index contributed by atoms with van der Waals surface area (Å²) in [6.07, 6.45) is 42.5. The Bertz CT molecular complexity index is 985. The Balaban J connectivity index is 4.26. The van der Waals surface area contributed by atoms with Gasteiger partial charge >= 0.3 is 19.8 Å². The van der Waals surface area contributed by atoms with Crippen LogP contribution in [0.25, 0.3) is 0 Å². The van der Waals surface area contributed by atoms with E-state index in [2.05, 4.69) is 26.0 Å². The number of phosphoric ester groups is 1. The summed E-state index contributed by atoms with van der Waals surface area (Å²) in [7, 11) is 1.49. The summed E-state index contributed by atoms with van der Waals surface area (Å²) < 4.78 is 34.4. The highest BCUT2D eigenvalue weighted by Crippen LogP contribution is 2.43. The van der Waals surface area contributed by atoms with Crippen molar-refractivity contribution in [2.45, 2.75) is 232 Å². The third kappa shape index (κ3) is 44.1. The summed E-state index contributed by atoms with van der Waals surface area (Å²) >= 11 is 0. The number of carbonyl (C=O) groups is 2. The lowest BCUT2D eigenvalue weighted by atomic mass is 10.0. The summed E-state index contributed by atoms with van der Waals surface area (Å²) in [6.45, 7) is 4.43. The van der Waals surface area contributed by atoms with Gasteiger partial charge in [0, 0.05) is 12.8 Å². The number of ether oxygens (including phenoxy) is 2. The molecule has 0 saturated carbocycles. The van der Waals surface area contributed by atoms with Crippen LogP contribution in [-0.2, 0) is 32.7 Å². The Hall–Kier alpha value is -1.25. The van der Waals surface area contributed by atoms with Gasteiger partial charge in [-0.15, -0.1) is 0 Å². The summed E-state index contributed by atoms with van der Waals surface area (Å²) in [5.74, 6) is -0.788. The third-order valence-electron chi connectivity index (χ3n) is 10.5. The highest BCUT2D eigenvalue weighted by Gasteiger charge is 2.27. The standard InChI is InChI=1S/C47H92NO8P/c1-6-8-10-12-14-16-18-20-22-23-24-26-28-30-32-34-36-38-40-47(50)56-45(44-55-57(51,52)54-42-41-48(3,4)5)43-53-46(49)39-37-35-33-31-29-27-25-21-19-17-15-13-11-9-7-2/h13,15,45H,6-12,14,16-44H2,1-5H3/p+1/b15-13+/t45-/m1/s1. The van der Waals surface area contributed by atoms with Gasteiger partial charge in [0.05, 0.1) is 27.7 Å². The molecule has 57 heavy (non-hydrogen) atoms. The maximum Gasteiger partial charge on any atom is 0.472 e. The normalized spacial score (nSPS) is 13.6. The number of likely N-dealkylation sites (N-methyl/N-ethyl adjacent to an activating group) is 1. The molecule has 0 bridgehead atoms. The molecule has 2 atom stereocenters. The molecular weight excluding hydrogens is 737 g/mol. The van der Waals surface area contributed by atoms with E-state index in [9.17, 15) is 19.0 Å². The van der Waals surface area contributed by atoms with Crippen molar-refractivity contribution in [3.63, 3.8) is 0 Å². The Labute approximate surface area is 352 Å². The third-order valence-corrected chi connectivity index (χ3v) is 11.5. The van der Waals surface area contributed by atoms with Crippen LogP contribution in [0.5, 0.6) is 0 Å². The van der Waals surface area contributed by atoms with E-state index in [4.69, 9.17) is 18.5 Å². The lowest BCUT2D eigenvalue weighted by molar-refractivity contribution is -0.870. The Morgan fingerprint density at radius 3 is 1.35 bits per heavy atom. The first-order valence-electron chi connectivity index (χ1n) is 23.9. The molecule has 0 spiro atoms. The fourth-order valence-corrected chi connectivity index (χ4v) is 7.50. The van der Waals surface area contributed by atoms with Crippen LogP contribution in [0, 0.1) is 0 Å². The highest BCUT2D eigenvalue weighted by atomic mass is 31.2. The number of phosphoric acid groups is 1. The predicted molar refractivity (Wildman–Crippen MR) is 238 cm³/mol. The molecule has 338 valence electrons. The molecule has 9 nitrogen and oxygen atoms in total. The van der Waals surface area contributed by atoms with Crippen LogP contribution in [0.4, 0.5) is 0 Å². The Kier molecular flexibility index (Phi) is 39.3. The number of rotatable bonds is 44. The number of nitrogens with zero attached hydrogens (tertiary/aromatic N) is 1. The van der Waals surface area contributed by atoms with Gasteiger partial charge in [-0.25, -0.2) is 4.57 Å². The van der Waals surface area contributed by atoms with Crippen LogP contribution in [0.15, 0.2) is 12.2 Å². The number of esters is 2. The maximum atomic E-state index is 12.7. The number of hydrogen-bond acceptors (Lipinski definition) is 7. The van der Waals surface area contributed by atoms with E-state index in [-0.39, 0.29) is 25.6 Å². The van der Waals surface area contributed by atoms with Gasteiger partial charge in [0.1, 0.15) is 19.8 Å². The number of hydrogen-bond donors (Lipinski definition) is 1. The molecule has 0 aromatic carbocycles. The molecule has 10 heteroatoms. The molecule has 0 rings (SSSR count). The quantitative estimate of drug-likeness (QED) is 0.0213. The highest BCUT2D eigenvalue weighted by molar-refractivity contribution is 7.47. The lowest BCUT2D eigenvalue weighted by Crippen LogP contribution is -2.37. The molecular formula is C47H93NO8P+. The molecule has 0 aromatic rings. The number of quaternary nitrogens is 1. The van der Waals surface area contributed by atoms with Crippen LogP contribution in [0.1, 0.15) is 226 Å². The first kappa shape index (κ1) is 55.8. The Morgan fingerprint density at radius 2 is 0.912 bits per heavy atom. The van der Waals surface area contributed by atoms with Gasteiger partial charge in [-0.3, -0.25) is 18.6 Å². The van der Waals surface area contributed by atoms with Crippen LogP contribution >= 0.6 is 7.82 Å². The fraction of sp³-hybridized carbons (Fsp3) is 0.915. The molecule has 0 heterocycles. The van der Waals surface area contributed by atoms with E-state index >= 15 is 0 Å². The minimum atomic E-state index is -4.37. The van der Waals surface area contributed by atoms with Crippen molar-refractivity contribution < 1.29 is 42.1 Å². The SMILES string of the molecule is CCCC/C=C/CCCCCCCCCCCC(=O)OC[C@H](COP(=O)(O)OCC[N+](C)(C)C)OC(=O)CCCCCCCCCCCCCCCCCCCC. The van der Waals surface area contributed by atoms with E-state index < -0.39 is 26.5 Å². The molecule has 0 radical (unpaired) electrons. The van der Waals surface area contributed by atoms with E-state index in [1.54, 1.807) is 0 Å². The first-order valence-corrected chi connectivity index (χ1v) is 25.4. The van der Waals surface area contributed by atoms with E-state index in [0.29, 0.717) is 23.9 Å². The summed E-state index contributed by atoms with van der Waals surface area (Å²) in [5, 5.41) is 0. The van der Waals surface area contributed by atoms with Gasteiger partial charge in [-0.2, -0.15) is 0 Å². The number of allylic oxidation sites excluding steroid dienone is 2. The zero-order valence-corrected chi connectivity index (χ0v) is 39.0. The largest absolute Gasteiger partial charge is 0.472 e. The molecule has 0 aromatic heterocycles. The molecule has 0 fully saturated rings. The van der Waals surface area contributed by atoms with Crippen molar-refractivity contribution in [2.24, 2.45) is 0 Å². The topological polar surface area (TPSA) is 108 Å². The van der Waals surface area contributed by atoms with Crippen molar-refractivity contribution in [3.05, 3.63) is 12.2 Å². The van der Waals surface area contributed by atoms with Crippen molar-refractivity contribution in [1.82, 2.24) is 0 Å². The van der Waals surface area contributed by atoms with Gasteiger partial charge in [0.25, 0.3) is 0 Å². The van der Waals surface area contributed by atoms with Gasteiger partial charge in [-0.1, -0.05) is 193 Å². The number of carbonyl (C=O) groups excluding carboxylic acids is 2. The molecule has 0 aliphatic carbocycles. The fourth-order valence-electron chi connectivity index (χ4n) is 6.76. The minimum Gasteiger partial charge on any atom is -0.462 e. The van der Waals surface area contributed by atoms with Crippen molar-refractivity contribution in [3.8, 4) is 0 Å². The Morgan fingerprint density at radius 1 is 0.526 bits per heavy atom. The minimum absolute atomic E-state index is 0.0349. The zero-order valence-electron chi connectivity index (χ0n) is 38.1. The average Bonchev–Trinajstić information content (AvgIpc) is 3.16. The molecule has 1 unspecified atom stereocenters. The maximum absolute atomic E-state index is 12.7. The van der Waals surface area contributed by atoms with Gasteiger partial charge in [0.2, 0.25) is 0 Å². The molecule has 1 N–H and O–H groups in total. The van der Waals surface area contributed by atoms with Crippen molar-refractivity contribution in [1.29, 1.82) is 0 Å². The zero-order chi connectivity index (χ0) is 42.1. The monoisotopic (exact) mass is 831 g/mol. The van der Waals surface area contributed by atoms with E-state index in [0.717, 1.165) is 32.1 Å². The lowest BCUT2D eigenvalue weighted by Gasteiger charge is -2.24. The molecule has 0 amide bonds. The van der Waals surface area contributed by atoms with Crippen LogP contribution < -0.4 is 0 Å². The average molecular weight is 831 g/mol. The smallest absolute Gasteiger partial charge is 0.462 e. The van der Waals surface area contributed by atoms with Gasteiger partial charge in [0.15, 0.2) is 6.10 Å². The van der Waals surface area contributed by atoms with Gasteiger partial charge < -0.3 is 18.9 Å². The predicted octanol–water partition coefficient (Wildman–Crippen LogP) is 13.8. The van der Waals surface area contributed by atoms with Crippen LogP contribution in [0.3, 0.4) is 0 Å². The van der Waals surface area contributed by atoms with Crippen LogP contribution in [-0.4, -0.2) is 74.9 Å². The summed E-state index contributed by atoms with van der Waals surface area (Å²) in [5.41, 5.74) is 0. The van der Waals surface area contributed by atoms with Gasteiger partial charge in [-0.05, 0) is 32.1 Å². The molecule has 0 aliphatic rings. The second kappa shape index (κ2) is 40.2. The first-order chi connectivity index (χ1) is 27.5. The second-order valence-electron chi connectivity index (χ2n) is 17.5. The van der Waals surface area contributed by atoms with Crippen LogP contribution in [0.2, 0.25) is 0 Å². The van der Waals surface area contributed by atoms with Crippen molar-refractivity contribution in [2.75, 3.05) is 47.5 Å². The summed E-state index contributed by atoms with van der Waals surface area (Å²) in [4.78, 5) is 35.4.